The molecule has 142 valence electrons. The van der Waals surface area contributed by atoms with E-state index in [1.807, 2.05) is 0 Å². The molecule has 1 aliphatic carbocycles. The lowest BCUT2D eigenvalue weighted by Gasteiger charge is -2.44. The summed E-state index contributed by atoms with van der Waals surface area (Å²) in [5.41, 5.74) is 0. The van der Waals surface area contributed by atoms with Gasteiger partial charge in [0.05, 0.1) is 18.8 Å². The average Bonchev–Trinajstić information content (AvgIpc) is 2.62. The molecule has 0 aromatic carbocycles. The molecule has 2 heterocycles. The van der Waals surface area contributed by atoms with Gasteiger partial charge in [0.1, 0.15) is 6.61 Å². The Kier molecular flexibility index (Phi) is 7.15. The Bertz CT molecular complexity index is 457. The minimum absolute atomic E-state index is 0.0919. The molecule has 5 heteroatoms. The van der Waals surface area contributed by atoms with E-state index in [4.69, 9.17) is 4.74 Å². The van der Waals surface area contributed by atoms with Crippen molar-refractivity contribution in [3.63, 3.8) is 0 Å². The Hall–Kier alpha value is -0.640. The molecule has 0 spiro atoms. The first-order chi connectivity index (χ1) is 12.1. The third-order valence-corrected chi connectivity index (χ3v) is 6.10. The van der Waals surface area contributed by atoms with Gasteiger partial charge in [0.2, 0.25) is 0 Å². The zero-order valence-electron chi connectivity index (χ0n) is 16.0. The highest BCUT2D eigenvalue weighted by Gasteiger charge is 2.35. The van der Waals surface area contributed by atoms with Crippen molar-refractivity contribution in [2.75, 3.05) is 52.4 Å². The number of hydrogen-bond acceptors (Lipinski definition) is 5. The molecule has 0 radical (unpaired) electrons. The van der Waals surface area contributed by atoms with Crippen LogP contribution in [0.15, 0.2) is 0 Å². The molecule has 5 nitrogen and oxygen atoms in total. The first kappa shape index (κ1) is 19.1. The Balaban J connectivity index is 1.25. The van der Waals surface area contributed by atoms with E-state index in [1.165, 1.54) is 0 Å². The predicted octanol–water partition coefficient (Wildman–Crippen LogP) is 1.02. The molecular weight excluding hydrogens is 314 g/mol. The van der Waals surface area contributed by atoms with E-state index in [0.717, 1.165) is 71.5 Å². The summed E-state index contributed by atoms with van der Waals surface area (Å²) in [4.78, 5) is 7.41. The number of aliphatic hydroxyl groups is 1. The first-order valence-electron chi connectivity index (χ1n) is 10.1. The van der Waals surface area contributed by atoms with E-state index in [-0.39, 0.29) is 6.10 Å². The summed E-state index contributed by atoms with van der Waals surface area (Å²) in [7, 11) is 0. The van der Waals surface area contributed by atoms with Gasteiger partial charge in [-0.2, -0.15) is 0 Å². The van der Waals surface area contributed by atoms with Crippen LogP contribution in [0.25, 0.3) is 0 Å². The van der Waals surface area contributed by atoms with Crippen LogP contribution in [0.4, 0.5) is 0 Å². The van der Waals surface area contributed by atoms with Crippen LogP contribution in [0.3, 0.4) is 0 Å². The number of piperidine rings is 1. The van der Waals surface area contributed by atoms with Gasteiger partial charge in [0, 0.05) is 51.4 Å². The quantitative estimate of drug-likeness (QED) is 0.751. The second-order valence-electron chi connectivity index (χ2n) is 8.02. The summed E-state index contributed by atoms with van der Waals surface area (Å²) in [6.07, 6.45) is 4.53. The molecule has 3 fully saturated rings. The molecule has 0 aromatic heterocycles. The molecule has 2 atom stereocenters. The van der Waals surface area contributed by atoms with Gasteiger partial charge in [-0.25, -0.2) is 0 Å². The molecule has 0 bridgehead atoms. The van der Waals surface area contributed by atoms with Gasteiger partial charge in [0.25, 0.3) is 0 Å². The largest absolute Gasteiger partial charge is 0.391 e. The van der Waals surface area contributed by atoms with Crippen molar-refractivity contribution in [2.24, 2.45) is 0 Å². The SMILES string of the molecule is CC(C)N1CCN(CC#CCOC2CCN(C3CCC3O)CC2)CC1. The van der Waals surface area contributed by atoms with Crippen LogP contribution in [0, 0.1) is 11.8 Å². The average molecular weight is 350 g/mol. The summed E-state index contributed by atoms with van der Waals surface area (Å²) in [6, 6.07) is 1.07. The van der Waals surface area contributed by atoms with Crippen LogP contribution in [-0.4, -0.2) is 96.5 Å². The minimum Gasteiger partial charge on any atom is -0.391 e. The molecule has 0 aromatic rings. The minimum atomic E-state index is -0.0919. The standard InChI is InChI=1S/C20H35N3O2/c1-17(2)22-14-12-21(13-15-22)9-3-4-16-25-18-7-10-23(11-8-18)19-5-6-20(19)24/h17-20,24H,5-16H2,1-2H3. The monoisotopic (exact) mass is 349 g/mol. The van der Waals surface area contributed by atoms with Crippen LogP contribution in [-0.2, 0) is 4.74 Å². The van der Waals surface area contributed by atoms with Crippen molar-refractivity contribution >= 4 is 0 Å². The van der Waals surface area contributed by atoms with Crippen LogP contribution >= 0.6 is 0 Å². The van der Waals surface area contributed by atoms with Crippen LogP contribution in [0.1, 0.15) is 39.5 Å². The van der Waals surface area contributed by atoms with E-state index >= 15 is 0 Å². The van der Waals surface area contributed by atoms with Crippen LogP contribution in [0.5, 0.6) is 0 Å². The van der Waals surface area contributed by atoms with Crippen molar-refractivity contribution in [2.45, 2.75) is 63.8 Å². The number of aliphatic hydroxyl groups excluding tert-OH is 1. The summed E-state index contributed by atoms with van der Waals surface area (Å²) < 4.78 is 5.94. The van der Waals surface area contributed by atoms with Gasteiger partial charge in [-0.1, -0.05) is 11.8 Å². The highest BCUT2D eigenvalue weighted by atomic mass is 16.5. The number of hydrogen-bond donors (Lipinski definition) is 1. The topological polar surface area (TPSA) is 39.2 Å². The second-order valence-corrected chi connectivity index (χ2v) is 8.02. The normalized spacial score (nSPS) is 30.1. The third kappa shape index (κ3) is 5.42. The molecular formula is C20H35N3O2. The Morgan fingerprint density at radius 2 is 1.68 bits per heavy atom. The van der Waals surface area contributed by atoms with Crippen molar-refractivity contribution in [1.82, 2.24) is 14.7 Å². The van der Waals surface area contributed by atoms with E-state index in [0.29, 0.717) is 24.8 Å². The fourth-order valence-electron chi connectivity index (χ4n) is 4.08. The fourth-order valence-corrected chi connectivity index (χ4v) is 4.08. The van der Waals surface area contributed by atoms with Gasteiger partial charge in [-0.05, 0) is 39.5 Å². The van der Waals surface area contributed by atoms with E-state index in [9.17, 15) is 5.11 Å². The molecule has 0 amide bonds. The van der Waals surface area contributed by atoms with Gasteiger partial charge >= 0.3 is 0 Å². The zero-order chi connectivity index (χ0) is 17.6. The lowest BCUT2D eigenvalue weighted by molar-refractivity contribution is -0.0533. The Labute approximate surface area is 153 Å². The maximum atomic E-state index is 9.78. The predicted molar refractivity (Wildman–Crippen MR) is 101 cm³/mol. The number of rotatable bonds is 5. The van der Waals surface area contributed by atoms with E-state index in [2.05, 4.69) is 40.4 Å². The van der Waals surface area contributed by atoms with Crippen LogP contribution < -0.4 is 0 Å². The summed E-state index contributed by atoms with van der Waals surface area (Å²) in [6.45, 7) is 12.6. The molecule has 2 unspecified atom stereocenters. The second kappa shape index (κ2) is 9.34. The molecule has 1 N–H and O–H groups in total. The van der Waals surface area contributed by atoms with E-state index < -0.39 is 0 Å². The molecule has 3 aliphatic rings. The van der Waals surface area contributed by atoms with Crippen molar-refractivity contribution in [1.29, 1.82) is 0 Å². The lowest BCUT2D eigenvalue weighted by atomic mass is 9.86. The smallest absolute Gasteiger partial charge is 0.108 e. The maximum Gasteiger partial charge on any atom is 0.108 e. The fraction of sp³-hybridized carbons (Fsp3) is 0.900. The zero-order valence-corrected chi connectivity index (χ0v) is 16.0. The van der Waals surface area contributed by atoms with Gasteiger partial charge in [-0.15, -0.1) is 0 Å². The summed E-state index contributed by atoms with van der Waals surface area (Å²) in [5.74, 6) is 6.47. The number of likely N-dealkylation sites (tertiary alicyclic amines) is 1. The van der Waals surface area contributed by atoms with E-state index in [1.54, 1.807) is 0 Å². The Morgan fingerprint density at radius 1 is 0.960 bits per heavy atom. The summed E-state index contributed by atoms with van der Waals surface area (Å²) >= 11 is 0. The molecule has 25 heavy (non-hydrogen) atoms. The Morgan fingerprint density at radius 3 is 2.24 bits per heavy atom. The number of piperazine rings is 1. The molecule has 3 rings (SSSR count). The molecule has 1 saturated carbocycles. The maximum absolute atomic E-state index is 9.78. The molecule has 2 saturated heterocycles. The third-order valence-electron chi connectivity index (χ3n) is 6.10. The number of nitrogens with zero attached hydrogens (tertiary/aromatic N) is 3. The van der Waals surface area contributed by atoms with Crippen molar-refractivity contribution in [3.8, 4) is 11.8 Å². The first-order valence-corrected chi connectivity index (χ1v) is 10.1. The van der Waals surface area contributed by atoms with Gasteiger partial charge in [-0.3, -0.25) is 14.7 Å². The van der Waals surface area contributed by atoms with Crippen LogP contribution in [0.2, 0.25) is 0 Å². The molecule has 2 aliphatic heterocycles. The highest BCUT2D eigenvalue weighted by Crippen LogP contribution is 2.28. The lowest BCUT2D eigenvalue weighted by Crippen LogP contribution is -2.53. The van der Waals surface area contributed by atoms with Gasteiger partial charge in [0.15, 0.2) is 0 Å². The highest BCUT2D eigenvalue weighted by molar-refractivity contribution is 5.02. The number of ether oxygens (including phenoxy) is 1. The van der Waals surface area contributed by atoms with Gasteiger partial charge < -0.3 is 9.84 Å². The van der Waals surface area contributed by atoms with Crippen molar-refractivity contribution in [3.05, 3.63) is 0 Å². The van der Waals surface area contributed by atoms with Crippen molar-refractivity contribution < 1.29 is 9.84 Å². The summed E-state index contributed by atoms with van der Waals surface area (Å²) in [5, 5.41) is 9.78.